The number of hydrogen-bond acceptors (Lipinski definition) is 4. The largest absolute Gasteiger partial charge is 0.459 e. The summed E-state index contributed by atoms with van der Waals surface area (Å²) >= 11 is 6.26. The van der Waals surface area contributed by atoms with Gasteiger partial charge in [0, 0.05) is 5.39 Å². The van der Waals surface area contributed by atoms with Gasteiger partial charge in [0.1, 0.15) is 11.7 Å². The van der Waals surface area contributed by atoms with Crippen molar-refractivity contribution in [3.63, 3.8) is 0 Å². The van der Waals surface area contributed by atoms with Gasteiger partial charge in [-0.15, -0.1) is 0 Å². The zero-order chi connectivity index (χ0) is 19.7. The molecular formula is C23H21ClO4. The Balaban J connectivity index is 1.66. The number of halogens is 1. The molecule has 1 saturated carbocycles. The van der Waals surface area contributed by atoms with E-state index in [1.54, 1.807) is 30.3 Å². The van der Waals surface area contributed by atoms with Crippen LogP contribution in [0.15, 0.2) is 57.7 Å². The maximum absolute atomic E-state index is 12.7. The Morgan fingerprint density at radius 3 is 2.79 bits per heavy atom. The Hall–Kier alpha value is -2.59. The molecule has 1 aliphatic carbocycles. The number of ether oxygens (including phenoxy) is 1. The molecule has 1 fully saturated rings. The lowest BCUT2D eigenvalue weighted by atomic mass is 9.89. The average molecular weight is 397 g/mol. The third-order valence-electron chi connectivity index (χ3n) is 5.30. The Kier molecular flexibility index (Phi) is 5.23. The number of benzene rings is 2. The van der Waals surface area contributed by atoms with E-state index in [0.29, 0.717) is 27.7 Å². The van der Waals surface area contributed by atoms with E-state index >= 15 is 0 Å². The molecule has 0 saturated heterocycles. The average Bonchev–Trinajstić information content (AvgIpc) is 2.68. The minimum absolute atomic E-state index is 0.0817. The van der Waals surface area contributed by atoms with Crippen LogP contribution in [0.3, 0.4) is 0 Å². The normalized spacial score (nSPS) is 19.5. The molecule has 0 unspecified atom stereocenters. The predicted molar refractivity (Wildman–Crippen MR) is 110 cm³/mol. The second kappa shape index (κ2) is 7.80. The molecule has 4 rings (SSSR count). The summed E-state index contributed by atoms with van der Waals surface area (Å²) in [6.07, 6.45) is 3.90. The van der Waals surface area contributed by atoms with Gasteiger partial charge in [-0.2, -0.15) is 0 Å². The van der Waals surface area contributed by atoms with Crippen LogP contribution in [-0.4, -0.2) is 12.1 Å². The van der Waals surface area contributed by atoms with Gasteiger partial charge in [0.15, 0.2) is 0 Å². The summed E-state index contributed by atoms with van der Waals surface area (Å²) in [4.78, 5) is 25.1. The van der Waals surface area contributed by atoms with Gasteiger partial charge < -0.3 is 9.15 Å². The summed E-state index contributed by atoms with van der Waals surface area (Å²) in [5, 5.41) is 1.12. The maximum atomic E-state index is 12.7. The van der Waals surface area contributed by atoms with Crippen LogP contribution >= 0.6 is 11.6 Å². The van der Waals surface area contributed by atoms with Crippen molar-refractivity contribution in [3.05, 3.63) is 69.5 Å². The van der Waals surface area contributed by atoms with E-state index in [1.165, 1.54) is 6.42 Å². The Morgan fingerprint density at radius 1 is 1.14 bits per heavy atom. The van der Waals surface area contributed by atoms with Crippen molar-refractivity contribution in [2.45, 2.75) is 38.7 Å². The van der Waals surface area contributed by atoms with E-state index in [9.17, 15) is 9.59 Å². The molecule has 0 N–H and O–H groups in total. The van der Waals surface area contributed by atoms with Crippen LogP contribution in [0, 0.1) is 5.92 Å². The first-order chi connectivity index (χ1) is 13.5. The third-order valence-corrected chi connectivity index (χ3v) is 5.63. The minimum atomic E-state index is -0.457. The highest BCUT2D eigenvalue weighted by Gasteiger charge is 2.24. The highest BCUT2D eigenvalue weighted by molar-refractivity contribution is 6.33. The molecule has 5 heteroatoms. The molecule has 1 heterocycles. The molecule has 1 aromatic heterocycles. The van der Waals surface area contributed by atoms with E-state index in [1.807, 2.05) is 18.2 Å². The topological polar surface area (TPSA) is 56.5 Å². The zero-order valence-corrected chi connectivity index (χ0v) is 16.4. The lowest BCUT2D eigenvalue weighted by molar-refractivity contribution is 0.0155. The number of carbonyl (C=O) groups excluding carboxylic acids is 1. The highest BCUT2D eigenvalue weighted by atomic mass is 35.5. The molecule has 144 valence electrons. The molecule has 0 radical (unpaired) electrons. The quantitative estimate of drug-likeness (QED) is 0.411. The van der Waals surface area contributed by atoms with Gasteiger partial charge in [0.25, 0.3) is 0 Å². The van der Waals surface area contributed by atoms with Gasteiger partial charge >= 0.3 is 11.6 Å². The minimum Gasteiger partial charge on any atom is -0.459 e. The van der Waals surface area contributed by atoms with Gasteiger partial charge in [-0.05, 0) is 55.0 Å². The first-order valence-electron chi connectivity index (χ1n) is 9.55. The van der Waals surface area contributed by atoms with E-state index in [4.69, 9.17) is 20.8 Å². The van der Waals surface area contributed by atoms with Gasteiger partial charge in [-0.25, -0.2) is 9.59 Å². The Morgan fingerprint density at radius 2 is 1.96 bits per heavy atom. The van der Waals surface area contributed by atoms with Crippen LogP contribution < -0.4 is 5.63 Å². The van der Waals surface area contributed by atoms with E-state index in [-0.39, 0.29) is 11.7 Å². The second-order valence-corrected chi connectivity index (χ2v) is 7.89. The molecule has 0 amide bonds. The van der Waals surface area contributed by atoms with Crippen molar-refractivity contribution in [3.8, 4) is 11.1 Å². The van der Waals surface area contributed by atoms with E-state index in [2.05, 4.69) is 6.92 Å². The molecule has 0 aliphatic heterocycles. The Bertz CT molecular complexity index is 1090. The van der Waals surface area contributed by atoms with Crippen LogP contribution in [0.5, 0.6) is 0 Å². The van der Waals surface area contributed by atoms with Gasteiger partial charge in [0.05, 0.1) is 16.1 Å². The summed E-state index contributed by atoms with van der Waals surface area (Å²) < 4.78 is 11.1. The smallest absolute Gasteiger partial charge is 0.344 e. The van der Waals surface area contributed by atoms with Crippen molar-refractivity contribution in [2.75, 3.05) is 0 Å². The third kappa shape index (κ3) is 3.83. The molecule has 4 nitrogen and oxygen atoms in total. The Labute approximate surface area is 168 Å². The summed E-state index contributed by atoms with van der Waals surface area (Å²) in [7, 11) is 0. The number of rotatable bonds is 3. The zero-order valence-electron chi connectivity index (χ0n) is 15.6. The van der Waals surface area contributed by atoms with Crippen molar-refractivity contribution in [1.29, 1.82) is 0 Å². The van der Waals surface area contributed by atoms with E-state index in [0.717, 1.165) is 24.6 Å². The van der Waals surface area contributed by atoms with Gasteiger partial charge in [0.2, 0.25) is 0 Å². The number of para-hydroxylation sites is 1. The predicted octanol–water partition coefficient (Wildman–Crippen LogP) is 5.85. The van der Waals surface area contributed by atoms with Crippen LogP contribution in [0.2, 0.25) is 5.02 Å². The van der Waals surface area contributed by atoms with E-state index < -0.39 is 11.6 Å². The highest BCUT2D eigenvalue weighted by Crippen LogP contribution is 2.29. The number of hydrogen-bond donors (Lipinski definition) is 0. The molecule has 0 spiro atoms. The van der Waals surface area contributed by atoms with Crippen molar-refractivity contribution in [2.24, 2.45) is 5.92 Å². The van der Waals surface area contributed by atoms with Crippen molar-refractivity contribution < 1.29 is 13.9 Å². The first-order valence-corrected chi connectivity index (χ1v) is 9.93. The SMILES string of the molecule is C[C@@H]1CCC[C@@H](OC(=O)c2cc(-c3cc4ccccc4oc3=O)ccc2Cl)C1. The van der Waals surface area contributed by atoms with Gasteiger partial charge in [-0.1, -0.05) is 49.2 Å². The van der Waals surface area contributed by atoms with Crippen LogP contribution in [-0.2, 0) is 4.74 Å². The van der Waals surface area contributed by atoms with Crippen LogP contribution in [0.1, 0.15) is 43.0 Å². The maximum Gasteiger partial charge on any atom is 0.344 e. The fourth-order valence-electron chi connectivity index (χ4n) is 3.81. The summed E-state index contributed by atoms with van der Waals surface area (Å²) in [5.41, 5.74) is 1.30. The van der Waals surface area contributed by atoms with Gasteiger partial charge in [-0.3, -0.25) is 0 Å². The van der Waals surface area contributed by atoms with Crippen molar-refractivity contribution in [1.82, 2.24) is 0 Å². The first kappa shape index (κ1) is 18.8. The molecule has 2 atom stereocenters. The van der Waals surface area contributed by atoms with Crippen LogP contribution in [0.4, 0.5) is 0 Å². The number of fused-ring (bicyclic) bond motifs is 1. The molecule has 2 aromatic carbocycles. The standard InChI is InChI=1S/C23H21ClO4/c1-14-5-4-7-17(11-14)27-23(26)19-12-15(9-10-20(19)24)18-13-16-6-2-3-8-21(16)28-22(18)25/h2-3,6,8-10,12-14,17H,4-5,7,11H2,1H3/t14-,17-/m1/s1. The molecule has 1 aliphatic rings. The number of esters is 1. The molecule has 3 aromatic rings. The second-order valence-electron chi connectivity index (χ2n) is 7.48. The van der Waals surface area contributed by atoms with Crippen molar-refractivity contribution >= 4 is 28.5 Å². The summed E-state index contributed by atoms with van der Waals surface area (Å²) in [6.45, 7) is 2.17. The molecular weight excluding hydrogens is 376 g/mol. The fourth-order valence-corrected chi connectivity index (χ4v) is 4.01. The molecule has 28 heavy (non-hydrogen) atoms. The number of carbonyl (C=O) groups is 1. The van der Waals surface area contributed by atoms with Crippen LogP contribution in [0.25, 0.3) is 22.1 Å². The fraction of sp³-hybridized carbons (Fsp3) is 0.304. The monoisotopic (exact) mass is 396 g/mol. The lowest BCUT2D eigenvalue weighted by Crippen LogP contribution is -2.24. The summed E-state index contributed by atoms with van der Waals surface area (Å²) in [5.74, 6) is 0.103. The lowest BCUT2D eigenvalue weighted by Gasteiger charge is -2.26. The molecule has 0 bridgehead atoms. The summed E-state index contributed by atoms with van der Waals surface area (Å²) in [6, 6.07) is 14.0.